The normalized spacial score (nSPS) is 10.2. The number of ether oxygens (including phenoxy) is 1. The number of carbonyl (C=O) groups excluding carboxylic acids is 2. The molecule has 2 amide bonds. The molecular formula is C16H19N3O3S. The lowest BCUT2D eigenvalue weighted by molar-refractivity contribution is -0.120. The number of para-hydroxylation sites is 1. The molecule has 0 aliphatic rings. The van der Waals surface area contributed by atoms with E-state index in [1.165, 1.54) is 11.3 Å². The van der Waals surface area contributed by atoms with Gasteiger partial charge in [0.05, 0.1) is 30.3 Å². The summed E-state index contributed by atoms with van der Waals surface area (Å²) in [6.45, 7) is 4.56. The lowest BCUT2D eigenvalue weighted by Gasteiger charge is -2.10. The Morgan fingerprint density at radius 1 is 1.26 bits per heavy atom. The number of aryl methyl sites for hydroxylation is 1. The number of hydrogen-bond acceptors (Lipinski definition) is 5. The van der Waals surface area contributed by atoms with Gasteiger partial charge in [-0.1, -0.05) is 12.1 Å². The van der Waals surface area contributed by atoms with E-state index in [0.29, 0.717) is 24.5 Å². The predicted octanol–water partition coefficient (Wildman–Crippen LogP) is 1.90. The maximum Gasteiger partial charge on any atom is 0.255 e. The van der Waals surface area contributed by atoms with E-state index in [1.54, 1.807) is 30.5 Å². The van der Waals surface area contributed by atoms with Gasteiger partial charge in [0.15, 0.2) is 0 Å². The third-order valence-electron chi connectivity index (χ3n) is 2.97. The number of aromatic nitrogens is 1. The van der Waals surface area contributed by atoms with E-state index in [-0.39, 0.29) is 18.4 Å². The van der Waals surface area contributed by atoms with Crippen LogP contribution in [0.25, 0.3) is 0 Å². The molecule has 0 aliphatic carbocycles. The number of benzene rings is 1. The summed E-state index contributed by atoms with van der Waals surface area (Å²) in [5.74, 6) is -0.0795. The number of hydrogen-bond donors (Lipinski definition) is 2. The Bertz CT molecular complexity index is 685. The van der Waals surface area contributed by atoms with E-state index in [4.69, 9.17) is 4.74 Å². The van der Waals surface area contributed by atoms with Gasteiger partial charge in [0.2, 0.25) is 5.91 Å². The first kappa shape index (κ1) is 17.0. The molecule has 0 saturated carbocycles. The van der Waals surface area contributed by atoms with Crippen molar-refractivity contribution in [1.29, 1.82) is 0 Å². The summed E-state index contributed by atoms with van der Waals surface area (Å²) < 4.78 is 5.41. The highest BCUT2D eigenvalue weighted by Gasteiger charge is 2.13. The summed E-state index contributed by atoms with van der Waals surface area (Å²) in [5, 5.41) is 6.29. The van der Waals surface area contributed by atoms with Crippen LogP contribution in [0.15, 0.2) is 30.5 Å². The third-order valence-corrected chi connectivity index (χ3v) is 3.88. The monoisotopic (exact) mass is 333 g/mol. The summed E-state index contributed by atoms with van der Waals surface area (Å²) in [5.41, 5.74) is 0.417. The second-order valence-corrected chi connectivity index (χ2v) is 6.05. The molecule has 2 rings (SSSR count). The maximum absolute atomic E-state index is 12.1. The summed E-state index contributed by atoms with van der Waals surface area (Å²) in [4.78, 5) is 29.0. The van der Waals surface area contributed by atoms with Crippen LogP contribution in [0.5, 0.6) is 5.75 Å². The van der Waals surface area contributed by atoms with Crippen LogP contribution in [-0.4, -0.2) is 29.9 Å². The average molecular weight is 333 g/mol. The number of amides is 2. The number of carbonyl (C=O) groups is 2. The van der Waals surface area contributed by atoms with Crippen molar-refractivity contribution in [2.24, 2.45) is 0 Å². The molecule has 1 heterocycles. The molecule has 1 aromatic carbocycles. The van der Waals surface area contributed by atoms with E-state index in [0.717, 1.165) is 9.88 Å². The molecule has 23 heavy (non-hydrogen) atoms. The molecule has 0 spiro atoms. The van der Waals surface area contributed by atoms with E-state index >= 15 is 0 Å². The van der Waals surface area contributed by atoms with Crippen LogP contribution in [0.2, 0.25) is 0 Å². The van der Waals surface area contributed by atoms with Crippen molar-refractivity contribution in [3.8, 4) is 5.75 Å². The second kappa shape index (κ2) is 8.28. The molecule has 2 N–H and O–H groups in total. The Morgan fingerprint density at radius 3 is 2.74 bits per heavy atom. The first-order valence-electron chi connectivity index (χ1n) is 7.28. The average Bonchev–Trinajstić information content (AvgIpc) is 2.97. The molecule has 0 fully saturated rings. The van der Waals surface area contributed by atoms with Gasteiger partial charge in [0.1, 0.15) is 5.75 Å². The molecule has 0 bridgehead atoms. The third kappa shape index (κ3) is 5.07. The van der Waals surface area contributed by atoms with Gasteiger partial charge in [-0.3, -0.25) is 9.59 Å². The molecular weight excluding hydrogens is 314 g/mol. The minimum Gasteiger partial charge on any atom is -0.493 e. The zero-order chi connectivity index (χ0) is 16.7. The Morgan fingerprint density at radius 2 is 2.04 bits per heavy atom. The Kier molecular flexibility index (Phi) is 6.10. The highest BCUT2D eigenvalue weighted by Crippen LogP contribution is 2.17. The van der Waals surface area contributed by atoms with Gasteiger partial charge < -0.3 is 15.4 Å². The van der Waals surface area contributed by atoms with Crippen LogP contribution in [-0.2, 0) is 11.3 Å². The van der Waals surface area contributed by atoms with Gasteiger partial charge in [0, 0.05) is 11.1 Å². The molecule has 2 aromatic rings. The largest absolute Gasteiger partial charge is 0.493 e. The number of thiazole rings is 1. The first-order valence-corrected chi connectivity index (χ1v) is 8.09. The fraction of sp³-hybridized carbons (Fsp3) is 0.312. The predicted molar refractivity (Wildman–Crippen MR) is 88.6 cm³/mol. The van der Waals surface area contributed by atoms with Gasteiger partial charge in [0.25, 0.3) is 5.91 Å². The van der Waals surface area contributed by atoms with E-state index in [2.05, 4.69) is 15.6 Å². The quantitative estimate of drug-likeness (QED) is 0.811. The van der Waals surface area contributed by atoms with Crippen LogP contribution in [0.1, 0.15) is 27.2 Å². The maximum atomic E-state index is 12.1. The highest BCUT2D eigenvalue weighted by atomic mass is 32.1. The minimum atomic E-state index is -0.335. The van der Waals surface area contributed by atoms with Crippen molar-refractivity contribution in [1.82, 2.24) is 15.6 Å². The molecule has 0 saturated heterocycles. The highest BCUT2D eigenvalue weighted by molar-refractivity contribution is 7.11. The number of rotatable bonds is 7. The molecule has 0 radical (unpaired) electrons. The van der Waals surface area contributed by atoms with E-state index in [9.17, 15) is 9.59 Å². The fourth-order valence-electron chi connectivity index (χ4n) is 1.93. The van der Waals surface area contributed by atoms with Crippen LogP contribution >= 0.6 is 11.3 Å². The lowest BCUT2D eigenvalue weighted by Crippen LogP contribution is -2.36. The summed E-state index contributed by atoms with van der Waals surface area (Å²) >= 11 is 1.53. The fourth-order valence-corrected chi connectivity index (χ4v) is 2.66. The molecule has 122 valence electrons. The Labute approximate surface area is 138 Å². The van der Waals surface area contributed by atoms with Gasteiger partial charge >= 0.3 is 0 Å². The number of nitrogens with zero attached hydrogens (tertiary/aromatic N) is 1. The van der Waals surface area contributed by atoms with Gasteiger partial charge in [-0.2, -0.15) is 0 Å². The van der Waals surface area contributed by atoms with Crippen molar-refractivity contribution in [3.63, 3.8) is 0 Å². The van der Waals surface area contributed by atoms with Crippen molar-refractivity contribution in [2.45, 2.75) is 20.4 Å². The summed E-state index contributed by atoms with van der Waals surface area (Å²) in [7, 11) is 0. The van der Waals surface area contributed by atoms with Gasteiger partial charge in [-0.15, -0.1) is 11.3 Å². The lowest BCUT2D eigenvalue weighted by atomic mass is 10.2. The van der Waals surface area contributed by atoms with Crippen LogP contribution < -0.4 is 15.4 Å². The Balaban J connectivity index is 1.83. The summed E-state index contributed by atoms with van der Waals surface area (Å²) in [6.07, 6.45) is 1.73. The topological polar surface area (TPSA) is 80.3 Å². The second-order valence-electron chi connectivity index (χ2n) is 4.73. The summed E-state index contributed by atoms with van der Waals surface area (Å²) in [6, 6.07) is 6.94. The van der Waals surface area contributed by atoms with Crippen LogP contribution in [0.4, 0.5) is 0 Å². The van der Waals surface area contributed by atoms with Crippen molar-refractivity contribution >= 4 is 23.2 Å². The van der Waals surface area contributed by atoms with Gasteiger partial charge in [-0.25, -0.2) is 4.98 Å². The van der Waals surface area contributed by atoms with Gasteiger partial charge in [-0.05, 0) is 26.0 Å². The van der Waals surface area contributed by atoms with Crippen molar-refractivity contribution in [2.75, 3.05) is 13.2 Å². The molecule has 6 nitrogen and oxygen atoms in total. The van der Waals surface area contributed by atoms with Crippen molar-refractivity contribution < 1.29 is 14.3 Å². The molecule has 0 aliphatic heterocycles. The van der Waals surface area contributed by atoms with Crippen LogP contribution in [0.3, 0.4) is 0 Å². The first-order chi connectivity index (χ1) is 11.1. The molecule has 1 aromatic heterocycles. The standard InChI is InChI=1S/C16H19N3O3S/c1-3-22-14-7-5-4-6-13(14)16(21)19-10-15(20)18-9-12-8-17-11(2)23-12/h4-8H,3,9-10H2,1-2H3,(H,18,20)(H,19,21). The molecule has 0 unspecified atom stereocenters. The smallest absolute Gasteiger partial charge is 0.255 e. The number of nitrogens with one attached hydrogen (secondary N) is 2. The molecule has 7 heteroatoms. The Hall–Kier alpha value is -2.41. The van der Waals surface area contributed by atoms with Crippen molar-refractivity contribution in [3.05, 3.63) is 45.9 Å². The zero-order valence-electron chi connectivity index (χ0n) is 13.1. The van der Waals surface area contributed by atoms with Crippen LogP contribution in [0, 0.1) is 6.92 Å². The van der Waals surface area contributed by atoms with E-state index < -0.39 is 0 Å². The SMILES string of the molecule is CCOc1ccccc1C(=O)NCC(=O)NCc1cnc(C)s1. The van der Waals surface area contributed by atoms with E-state index in [1.807, 2.05) is 13.8 Å². The minimum absolute atomic E-state index is 0.0862. The zero-order valence-corrected chi connectivity index (χ0v) is 13.9. The molecule has 0 atom stereocenters.